The van der Waals surface area contributed by atoms with E-state index in [0.717, 1.165) is 42.3 Å². The number of carbonyl (C=O) groups is 1. The molecule has 1 aromatic carbocycles. The molecule has 5 nitrogen and oxygen atoms in total. The van der Waals surface area contributed by atoms with E-state index < -0.39 is 0 Å². The molecule has 5 heteroatoms. The molecule has 0 atom stereocenters. The number of hydrogen-bond acceptors (Lipinski definition) is 3. The van der Waals surface area contributed by atoms with Crippen LogP contribution in [0.3, 0.4) is 0 Å². The van der Waals surface area contributed by atoms with Gasteiger partial charge in [0, 0.05) is 24.7 Å². The summed E-state index contributed by atoms with van der Waals surface area (Å²) in [4.78, 5) is 28.3. The number of benzene rings is 1. The fourth-order valence-electron chi connectivity index (χ4n) is 3.60. The van der Waals surface area contributed by atoms with Crippen molar-refractivity contribution in [2.24, 2.45) is 5.41 Å². The van der Waals surface area contributed by atoms with Crippen LogP contribution in [0, 0.1) is 5.41 Å². The maximum atomic E-state index is 13.3. The lowest BCUT2D eigenvalue weighted by molar-refractivity contribution is -0.133. The van der Waals surface area contributed by atoms with Gasteiger partial charge in [0.05, 0.1) is 12.6 Å². The summed E-state index contributed by atoms with van der Waals surface area (Å²) in [5, 5.41) is 0.948. The number of pyridine rings is 1. The number of hydrogen-bond donors (Lipinski definition) is 0. The van der Waals surface area contributed by atoms with Crippen molar-refractivity contribution in [3.8, 4) is 5.75 Å². The summed E-state index contributed by atoms with van der Waals surface area (Å²) in [5.41, 5.74) is 1.38. The van der Waals surface area contributed by atoms with Gasteiger partial charge in [0.1, 0.15) is 12.3 Å². The number of methoxy groups -OCH3 is 1. The van der Waals surface area contributed by atoms with Gasteiger partial charge in [0.2, 0.25) is 5.91 Å². The number of aryl methyl sites for hydroxylation is 1. The first kappa shape index (κ1) is 23.0. The van der Waals surface area contributed by atoms with Crippen LogP contribution < -0.4 is 10.3 Å². The highest BCUT2D eigenvalue weighted by atomic mass is 16.5. The maximum Gasteiger partial charge on any atom is 0.254 e. The lowest BCUT2D eigenvalue weighted by atomic mass is 9.96. The van der Waals surface area contributed by atoms with E-state index in [4.69, 9.17) is 4.74 Å². The third-order valence-corrected chi connectivity index (χ3v) is 5.10. The van der Waals surface area contributed by atoms with Crippen molar-refractivity contribution in [2.45, 2.75) is 66.8 Å². The number of unbranched alkanes of at least 4 members (excludes halogenated alkanes) is 2. The zero-order chi connectivity index (χ0) is 21.6. The molecule has 0 spiro atoms. The number of carbonyl (C=O) groups excluding carboxylic acids is 1. The number of aromatic nitrogens is 1. The Kier molecular flexibility index (Phi) is 7.88. The van der Waals surface area contributed by atoms with Gasteiger partial charge in [-0.1, -0.05) is 47.5 Å². The molecule has 0 aliphatic carbocycles. The monoisotopic (exact) mass is 400 g/mol. The standard InChI is InChI=1S/C24H36N2O3/c1-7-9-10-13-25(17-24(3,4)5)22(27)16-26-21-15-20(29-6)12-11-19(21)14-18(8-2)23(26)28/h11-12,14-15H,7-10,13,16-17H2,1-6H3. The Hall–Kier alpha value is -2.30. The van der Waals surface area contributed by atoms with Crippen molar-refractivity contribution in [2.75, 3.05) is 20.2 Å². The normalized spacial score (nSPS) is 11.7. The molecule has 0 fully saturated rings. The fourth-order valence-corrected chi connectivity index (χ4v) is 3.60. The zero-order valence-electron chi connectivity index (χ0n) is 18.9. The zero-order valence-corrected chi connectivity index (χ0v) is 18.9. The number of ether oxygens (including phenoxy) is 1. The maximum absolute atomic E-state index is 13.3. The van der Waals surface area contributed by atoms with Crippen LogP contribution >= 0.6 is 0 Å². The van der Waals surface area contributed by atoms with Crippen LogP contribution in [0.25, 0.3) is 10.9 Å². The second-order valence-electron chi connectivity index (χ2n) is 8.92. The van der Waals surface area contributed by atoms with E-state index in [9.17, 15) is 9.59 Å². The topological polar surface area (TPSA) is 51.5 Å². The summed E-state index contributed by atoms with van der Waals surface area (Å²) in [5.74, 6) is 0.673. The number of fused-ring (bicyclic) bond motifs is 1. The Morgan fingerprint density at radius 3 is 2.45 bits per heavy atom. The minimum Gasteiger partial charge on any atom is -0.497 e. The van der Waals surface area contributed by atoms with Crippen LogP contribution in [-0.2, 0) is 17.8 Å². The van der Waals surface area contributed by atoms with Gasteiger partial charge in [-0.05, 0) is 41.8 Å². The van der Waals surface area contributed by atoms with Gasteiger partial charge in [0.25, 0.3) is 5.56 Å². The molecule has 0 aliphatic rings. The third-order valence-electron chi connectivity index (χ3n) is 5.10. The summed E-state index contributed by atoms with van der Waals surface area (Å²) in [7, 11) is 1.61. The number of amides is 1. The molecular formula is C24H36N2O3. The Bertz CT molecular complexity index is 893. The molecule has 1 aromatic heterocycles. The van der Waals surface area contributed by atoms with Crippen molar-refractivity contribution in [3.63, 3.8) is 0 Å². The third kappa shape index (κ3) is 6.09. The second-order valence-corrected chi connectivity index (χ2v) is 8.92. The highest BCUT2D eigenvalue weighted by molar-refractivity contribution is 5.84. The van der Waals surface area contributed by atoms with Gasteiger partial charge in [-0.2, -0.15) is 0 Å². The number of nitrogens with zero attached hydrogens (tertiary/aromatic N) is 2. The molecule has 160 valence electrons. The summed E-state index contributed by atoms with van der Waals surface area (Å²) in [6.07, 6.45) is 3.83. The van der Waals surface area contributed by atoms with Crippen molar-refractivity contribution in [3.05, 3.63) is 40.2 Å². The predicted molar refractivity (Wildman–Crippen MR) is 120 cm³/mol. The lowest BCUT2D eigenvalue weighted by Gasteiger charge is -2.30. The molecule has 29 heavy (non-hydrogen) atoms. The Balaban J connectivity index is 2.44. The summed E-state index contributed by atoms with van der Waals surface area (Å²) >= 11 is 0. The van der Waals surface area contributed by atoms with Crippen LogP contribution in [0.15, 0.2) is 29.1 Å². The predicted octanol–water partition coefficient (Wildman–Crippen LogP) is 4.64. The van der Waals surface area contributed by atoms with Crippen LogP contribution in [-0.4, -0.2) is 35.6 Å². The molecule has 1 heterocycles. The average molecular weight is 401 g/mol. The molecule has 0 aliphatic heterocycles. The average Bonchev–Trinajstić information content (AvgIpc) is 2.67. The van der Waals surface area contributed by atoms with Crippen molar-refractivity contribution in [1.82, 2.24) is 9.47 Å². The minimum absolute atomic E-state index is 0.00336. The summed E-state index contributed by atoms with van der Waals surface area (Å²) < 4.78 is 6.97. The molecule has 0 saturated heterocycles. The Morgan fingerprint density at radius 2 is 1.86 bits per heavy atom. The van der Waals surface area contributed by atoms with Gasteiger partial charge in [-0.25, -0.2) is 0 Å². The second kappa shape index (κ2) is 9.95. The van der Waals surface area contributed by atoms with E-state index in [1.807, 2.05) is 36.1 Å². The largest absolute Gasteiger partial charge is 0.497 e. The first-order valence-corrected chi connectivity index (χ1v) is 10.7. The van der Waals surface area contributed by atoms with Crippen molar-refractivity contribution < 1.29 is 9.53 Å². The van der Waals surface area contributed by atoms with Crippen LogP contribution in [0.4, 0.5) is 0 Å². The van der Waals surface area contributed by atoms with E-state index in [1.54, 1.807) is 11.7 Å². The Labute approximate surface area is 174 Å². The molecule has 0 unspecified atom stereocenters. The molecule has 2 rings (SSSR count). The van der Waals surface area contributed by atoms with Gasteiger partial charge in [0.15, 0.2) is 0 Å². The molecule has 0 N–H and O–H groups in total. The first-order chi connectivity index (χ1) is 13.7. The highest BCUT2D eigenvalue weighted by Crippen LogP contribution is 2.22. The fraction of sp³-hybridized carbons (Fsp3) is 0.583. The summed E-state index contributed by atoms with van der Waals surface area (Å²) in [6, 6.07) is 7.60. The smallest absolute Gasteiger partial charge is 0.254 e. The first-order valence-electron chi connectivity index (χ1n) is 10.7. The number of rotatable bonds is 9. The molecule has 2 aromatic rings. The van der Waals surface area contributed by atoms with Gasteiger partial charge >= 0.3 is 0 Å². The van der Waals surface area contributed by atoms with Crippen molar-refractivity contribution >= 4 is 16.8 Å². The van der Waals surface area contributed by atoms with Gasteiger partial charge in [-0.15, -0.1) is 0 Å². The van der Waals surface area contributed by atoms with E-state index in [2.05, 4.69) is 27.7 Å². The van der Waals surface area contributed by atoms with Gasteiger partial charge < -0.3 is 9.64 Å². The molecule has 0 saturated carbocycles. The van der Waals surface area contributed by atoms with Crippen molar-refractivity contribution in [1.29, 1.82) is 0 Å². The summed E-state index contributed by atoms with van der Waals surface area (Å²) in [6.45, 7) is 12.0. The van der Waals surface area contributed by atoms with Crippen LogP contribution in [0.5, 0.6) is 5.75 Å². The van der Waals surface area contributed by atoms with Crippen LogP contribution in [0.2, 0.25) is 0 Å². The lowest BCUT2D eigenvalue weighted by Crippen LogP contribution is -2.42. The highest BCUT2D eigenvalue weighted by Gasteiger charge is 2.22. The Morgan fingerprint density at radius 1 is 1.14 bits per heavy atom. The van der Waals surface area contributed by atoms with E-state index in [1.165, 1.54) is 0 Å². The van der Waals surface area contributed by atoms with Crippen LogP contribution in [0.1, 0.15) is 59.4 Å². The van der Waals surface area contributed by atoms with E-state index in [0.29, 0.717) is 18.7 Å². The van der Waals surface area contributed by atoms with Gasteiger partial charge in [-0.3, -0.25) is 14.2 Å². The van der Waals surface area contributed by atoms with E-state index in [-0.39, 0.29) is 23.4 Å². The molecule has 0 bridgehead atoms. The quantitative estimate of drug-likeness (QED) is 0.576. The minimum atomic E-state index is -0.0918. The molecule has 0 radical (unpaired) electrons. The molecular weight excluding hydrogens is 364 g/mol. The molecule has 1 amide bonds. The SMILES string of the molecule is CCCCCN(CC(C)(C)C)C(=O)Cn1c(=O)c(CC)cc2ccc(OC)cc21. The van der Waals surface area contributed by atoms with E-state index >= 15 is 0 Å².